The van der Waals surface area contributed by atoms with Crippen LogP contribution in [-0.2, 0) is 0 Å². The third kappa shape index (κ3) is 5.27. The van der Waals surface area contributed by atoms with Crippen molar-refractivity contribution in [1.29, 1.82) is 0 Å². The van der Waals surface area contributed by atoms with E-state index >= 15 is 0 Å². The van der Waals surface area contributed by atoms with E-state index in [-0.39, 0.29) is 0 Å². The summed E-state index contributed by atoms with van der Waals surface area (Å²) in [4.78, 5) is 11.5. The number of benzene rings is 8. The highest BCUT2D eigenvalue weighted by Gasteiger charge is 2.15. The van der Waals surface area contributed by atoms with Gasteiger partial charge in [-0.05, 0) is 84.2 Å². The monoisotopic (exact) mass is 666 g/mol. The van der Waals surface area contributed by atoms with Crippen molar-refractivity contribution in [3.8, 4) is 55.5 Å². The highest BCUT2D eigenvalue weighted by molar-refractivity contribution is 7.22. The minimum Gasteiger partial charge on any atom is -0.228 e. The van der Waals surface area contributed by atoms with Crippen molar-refractivity contribution >= 4 is 53.7 Å². The minimum atomic E-state index is 0.718. The molecule has 0 aliphatic rings. The van der Waals surface area contributed by atoms with Crippen molar-refractivity contribution in [2.45, 2.75) is 0 Å². The van der Waals surface area contributed by atoms with E-state index in [1.165, 1.54) is 64.7 Å². The van der Waals surface area contributed by atoms with Crippen LogP contribution in [0.3, 0.4) is 0 Å². The number of nitrogens with zero attached hydrogens (tertiary/aromatic N) is 2. The molecule has 0 saturated carbocycles. The first-order chi connectivity index (χ1) is 25.2. The summed E-state index contributed by atoms with van der Waals surface area (Å²) in [7, 11) is 0. The van der Waals surface area contributed by atoms with Crippen LogP contribution in [0.2, 0.25) is 0 Å². The van der Waals surface area contributed by atoms with Gasteiger partial charge in [0.25, 0.3) is 0 Å². The Hall–Kier alpha value is -6.42. The van der Waals surface area contributed by atoms with E-state index in [1.54, 1.807) is 11.3 Å². The molecule has 3 heteroatoms. The van der Waals surface area contributed by atoms with E-state index in [2.05, 4.69) is 176 Å². The van der Waals surface area contributed by atoms with Gasteiger partial charge in [0.05, 0.1) is 16.3 Å². The van der Waals surface area contributed by atoms with Crippen LogP contribution in [0, 0.1) is 0 Å². The summed E-state index contributed by atoms with van der Waals surface area (Å²) < 4.78 is 1.25. The molecule has 0 N–H and O–H groups in total. The number of aromatic nitrogens is 2. The molecule has 2 aromatic heterocycles. The summed E-state index contributed by atoms with van der Waals surface area (Å²) in [6.07, 6.45) is 0. The summed E-state index contributed by atoms with van der Waals surface area (Å²) in [5.74, 6) is 0.718. The first kappa shape index (κ1) is 29.5. The molecule has 0 aliphatic carbocycles. The Kier molecular flexibility index (Phi) is 7.04. The van der Waals surface area contributed by atoms with Gasteiger partial charge in [0.1, 0.15) is 0 Å². The number of fused-ring (bicyclic) bond motifs is 5. The van der Waals surface area contributed by atoms with E-state index < -0.39 is 0 Å². The van der Waals surface area contributed by atoms with Crippen LogP contribution < -0.4 is 0 Å². The zero-order valence-corrected chi connectivity index (χ0v) is 28.4. The lowest BCUT2D eigenvalue weighted by Gasteiger charge is -2.15. The second kappa shape index (κ2) is 12.2. The Labute approximate surface area is 300 Å². The quantitative estimate of drug-likeness (QED) is 0.135. The summed E-state index contributed by atoms with van der Waals surface area (Å²) in [6, 6.07) is 65.1. The lowest BCUT2D eigenvalue weighted by Crippen LogP contribution is -1.95. The number of thiophene rings is 1. The highest BCUT2D eigenvalue weighted by atomic mass is 32.1. The minimum absolute atomic E-state index is 0.718. The summed E-state index contributed by atoms with van der Waals surface area (Å²) in [5, 5.41) is 8.79. The van der Waals surface area contributed by atoms with E-state index in [9.17, 15) is 0 Å². The van der Waals surface area contributed by atoms with Crippen molar-refractivity contribution in [1.82, 2.24) is 9.97 Å². The molecular formula is C48H30N2S. The topological polar surface area (TPSA) is 25.8 Å². The molecule has 8 aromatic carbocycles. The Morgan fingerprint density at radius 2 is 0.941 bits per heavy atom. The van der Waals surface area contributed by atoms with Crippen molar-refractivity contribution in [2.75, 3.05) is 0 Å². The molecule has 0 unspecified atom stereocenters. The fourth-order valence-electron chi connectivity index (χ4n) is 7.34. The standard InChI is InChI=1S/C48H30N2S/c1-2-10-31(11-3-1)32-18-24-36(25-19-32)48-49-43(30-44(50-48)46-29-38-14-6-9-17-45(38)51-46)34-20-22-35(23-21-34)47-40-16-8-5-13-37(40)28-42-39-15-7-4-12-33(39)26-27-41(42)47/h1-30H. The first-order valence-corrected chi connectivity index (χ1v) is 18.0. The molecule has 0 saturated heterocycles. The molecule has 0 bridgehead atoms. The van der Waals surface area contributed by atoms with E-state index in [1.807, 2.05) is 6.07 Å². The van der Waals surface area contributed by atoms with Crippen molar-refractivity contribution in [3.63, 3.8) is 0 Å². The van der Waals surface area contributed by atoms with Gasteiger partial charge < -0.3 is 0 Å². The fraction of sp³-hybridized carbons (Fsp3) is 0. The highest BCUT2D eigenvalue weighted by Crippen LogP contribution is 2.40. The van der Waals surface area contributed by atoms with Crippen LogP contribution in [-0.4, -0.2) is 9.97 Å². The van der Waals surface area contributed by atoms with Gasteiger partial charge in [0, 0.05) is 15.8 Å². The van der Waals surface area contributed by atoms with Crippen LogP contribution in [0.25, 0.3) is 97.9 Å². The van der Waals surface area contributed by atoms with E-state index in [0.717, 1.165) is 33.2 Å². The molecule has 10 rings (SSSR count). The fourth-order valence-corrected chi connectivity index (χ4v) is 8.36. The zero-order chi connectivity index (χ0) is 33.7. The molecule has 0 fully saturated rings. The molecule has 51 heavy (non-hydrogen) atoms. The van der Waals surface area contributed by atoms with Gasteiger partial charge in [-0.25, -0.2) is 9.97 Å². The molecule has 0 spiro atoms. The van der Waals surface area contributed by atoms with Crippen LogP contribution in [0.1, 0.15) is 0 Å². The lowest BCUT2D eigenvalue weighted by molar-refractivity contribution is 1.19. The molecule has 0 radical (unpaired) electrons. The average molecular weight is 667 g/mol. The van der Waals surface area contributed by atoms with Gasteiger partial charge in [0.15, 0.2) is 5.82 Å². The van der Waals surface area contributed by atoms with Crippen LogP contribution in [0.4, 0.5) is 0 Å². The average Bonchev–Trinajstić information content (AvgIpc) is 3.65. The zero-order valence-electron chi connectivity index (χ0n) is 27.6. The molecule has 2 heterocycles. The van der Waals surface area contributed by atoms with Crippen LogP contribution in [0.15, 0.2) is 182 Å². The largest absolute Gasteiger partial charge is 0.228 e. The second-order valence-electron chi connectivity index (χ2n) is 13.0. The molecule has 0 aliphatic heterocycles. The molecule has 10 aromatic rings. The van der Waals surface area contributed by atoms with Crippen molar-refractivity contribution < 1.29 is 0 Å². The Balaban J connectivity index is 1.11. The third-order valence-corrected chi connectivity index (χ3v) is 11.0. The van der Waals surface area contributed by atoms with Crippen molar-refractivity contribution in [3.05, 3.63) is 182 Å². The Bertz CT molecular complexity index is 2860. The SMILES string of the molecule is c1ccc(-c2ccc(-c3nc(-c4ccc(-c5c6ccccc6cc6c5ccc5ccccc56)cc4)cc(-c4cc5ccccc5s4)n3)cc2)cc1. The van der Waals surface area contributed by atoms with Gasteiger partial charge in [-0.2, -0.15) is 0 Å². The summed E-state index contributed by atoms with van der Waals surface area (Å²) in [5.41, 5.74) is 8.69. The predicted molar refractivity (Wildman–Crippen MR) is 217 cm³/mol. The molecular weight excluding hydrogens is 637 g/mol. The number of hydrogen-bond acceptors (Lipinski definition) is 3. The molecule has 2 nitrogen and oxygen atoms in total. The normalized spacial score (nSPS) is 11.5. The summed E-state index contributed by atoms with van der Waals surface area (Å²) >= 11 is 1.77. The lowest BCUT2D eigenvalue weighted by atomic mass is 9.89. The number of rotatable bonds is 5. The first-order valence-electron chi connectivity index (χ1n) is 17.2. The second-order valence-corrected chi connectivity index (χ2v) is 14.1. The molecule has 238 valence electrons. The molecule has 0 amide bonds. The Morgan fingerprint density at radius 1 is 0.333 bits per heavy atom. The van der Waals surface area contributed by atoms with Gasteiger partial charge in [-0.1, -0.05) is 158 Å². The predicted octanol–water partition coefficient (Wildman–Crippen LogP) is 13.5. The maximum absolute atomic E-state index is 5.19. The van der Waals surface area contributed by atoms with Gasteiger partial charge in [-0.15, -0.1) is 11.3 Å². The maximum Gasteiger partial charge on any atom is 0.160 e. The van der Waals surface area contributed by atoms with Crippen molar-refractivity contribution in [2.24, 2.45) is 0 Å². The van der Waals surface area contributed by atoms with E-state index in [0.29, 0.717) is 0 Å². The number of hydrogen-bond donors (Lipinski definition) is 0. The third-order valence-electron chi connectivity index (χ3n) is 9.89. The van der Waals surface area contributed by atoms with Gasteiger partial charge >= 0.3 is 0 Å². The van der Waals surface area contributed by atoms with E-state index in [4.69, 9.17) is 9.97 Å². The Morgan fingerprint density at radius 3 is 1.75 bits per heavy atom. The van der Waals surface area contributed by atoms with Gasteiger partial charge in [0.2, 0.25) is 0 Å². The summed E-state index contributed by atoms with van der Waals surface area (Å²) in [6.45, 7) is 0. The van der Waals surface area contributed by atoms with Crippen LogP contribution in [0.5, 0.6) is 0 Å². The smallest absolute Gasteiger partial charge is 0.160 e. The van der Waals surface area contributed by atoms with Gasteiger partial charge in [-0.3, -0.25) is 0 Å². The maximum atomic E-state index is 5.19. The molecule has 0 atom stereocenters. The van der Waals surface area contributed by atoms with Crippen LogP contribution >= 0.6 is 11.3 Å².